The van der Waals surface area contributed by atoms with E-state index in [1.54, 1.807) is 0 Å². The molecule has 2 heteroatoms. The van der Waals surface area contributed by atoms with Crippen LogP contribution in [-0.4, -0.2) is 18.0 Å². The Labute approximate surface area is 87.2 Å². The van der Waals surface area contributed by atoms with Gasteiger partial charge in [-0.1, -0.05) is 26.2 Å². The molecule has 1 aliphatic rings. The van der Waals surface area contributed by atoms with Crippen LogP contribution in [-0.2, 0) is 0 Å². The van der Waals surface area contributed by atoms with Crippen LogP contribution in [0.15, 0.2) is 0 Å². The standard InChI is InChI=1S/C11H22ClN/c1-2-10(8-9-12)13-11-6-4-3-5-7-11/h10-11,13H,2-9H2,1H3. The van der Waals surface area contributed by atoms with E-state index in [4.69, 9.17) is 11.6 Å². The lowest BCUT2D eigenvalue weighted by Crippen LogP contribution is -2.39. The second kappa shape index (κ2) is 6.67. The van der Waals surface area contributed by atoms with Gasteiger partial charge in [-0.25, -0.2) is 0 Å². The number of hydrogen-bond acceptors (Lipinski definition) is 1. The minimum absolute atomic E-state index is 0.653. The van der Waals surface area contributed by atoms with Crippen molar-refractivity contribution in [1.29, 1.82) is 0 Å². The van der Waals surface area contributed by atoms with E-state index in [2.05, 4.69) is 12.2 Å². The van der Waals surface area contributed by atoms with Gasteiger partial charge in [-0.05, 0) is 25.7 Å². The van der Waals surface area contributed by atoms with Crippen LogP contribution in [0.3, 0.4) is 0 Å². The summed E-state index contributed by atoms with van der Waals surface area (Å²) in [6, 6.07) is 1.43. The van der Waals surface area contributed by atoms with Gasteiger partial charge in [0.25, 0.3) is 0 Å². The van der Waals surface area contributed by atoms with Gasteiger partial charge in [0, 0.05) is 18.0 Å². The van der Waals surface area contributed by atoms with Crippen molar-refractivity contribution in [3.05, 3.63) is 0 Å². The highest BCUT2D eigenvalue weighted by atomic mass is 35.5. The van der Waals surface area contributed by atoms with E-state index in [1.165, 1.54) is 38.5 Å². The minimum atomic E-state index is 0.653. The molecule has 0 aliphatic heterocycles. The van der Waals surface area contributed by atoms with Gasteiger partial charge in [-0.15, -0.1) is 11.6 Å². The Balaban J connectivity index is 2.18. The van der Waals surface area contributed by atoms with E-state index >= 15 is 0 Å². The zero-order valence-corrected chi connectivity index (χ0v) is 9.45. The zero-order valence-electron chi connectivity index (χ0n) is 8.69. The molecule has 13 heavy (non-hydrogen) atoms. The fraction of sp³-hybridized carbons (Fsp3) is 1.00. The first kappa shape index (κ1) is 11.3. The van der Waals surface area contributed by atoms with Gasteiger partial charge in [0.15, 0.2) is 0 Å². The van der Waals surface area contributed by atoms with Crippen LogP contribution >= 0.6 is 11.6 Å². The van der Waals surface area contributed by atoms with E-state index in [0.717, 1.165) is 18.3 Å². The minimum Gasteiger partial charge on any atom is -0.311 e. The van der Waals surface area contributed by atoms with Crippen molar-refractivity contribution in [3.63, 3.8) is 0 Å². The molecular weight excluding hydrogens is 182 g/mol. The highest BCUT2D eigenvalue weighted by Gasteiger charge is 2.16. The quantitative estimate of drug-likeness (QED) is 0.677. The lowest BCUT2D eigenvalue weighted by Gasteiger charge is -2.27. The molecule has 1 fully saturated rings. The number of hydrogen-bond donors (Lipinski definition) is 1. The Bertz CT molecular complexity index is 119. The molecule has 1 rings (SSSR count). The Hall–Kier alpha value is 0.250. The SMILES string of the molecule is CCC(CCCl)NC1CCCCC1. The molecule has 1 N–H and O–H groups in total. The fourth-order valence-corrected chi connectivity index (χ4v) is 2.40. The summed E-state index contributed by atoms with van der Waals surface area (Å²) in [6.45, 7) is 2.24. The molecule has 1 atom stereocenters. The van der Waals surface area contributed by atoms with Crippen LogP contribution < -0.4 is 5.32 Å². The predicted octanol–water partition coefficient (Wildman–Crippen LogP) is 3.32. The van der Waals surface area contributed by atoms with Crippen molar-refractivity contribution in [3.8, 4) is 0 Å². The molecule has 0 spiro atoms. The van der Waals surface area contributed by atoms with Crippen molar-refractivity contribution in [2.24, 2.45) is 0 Å². The van der Waals surface area contributed by atoms with Crippen LogP contribution in [0.5, 0.6) is 0 Å². The first-order chi connectivity index (χ1) is 6.36. The smallest absolute Gasteiger partial charge is 0.0238 e. The molecule has 1 unspecified atom stereocenters. The van der Waals surface area contributed by atoms with E-state index in [1.807, 2.05) is 0 Å². The Morgan fingerprint density at radius 2 is 2.00 bits per heavy atom. The van der Waals surface area contributed by atoms with Gasteiger partial charge < -0.3 is 5.32 Å². The normalized spacial score (nSPS) is 21.7. The lowest BCUT2D eigenvalue weighted by molar-refractivity contribution is 0.327. The molecule has 1 saturated carbocycles. The first-order valence-corrected chi connectivity index (χ1v) is 6.22. The Morgan fingerprint density at radius 3 is 2.54 bits per heavy atom. The molecule has 0 aromatic heterocycles. The van der Waals surface area contributed by atoms with Gasteiger partial charge in [-0.2, -0.15) is 0 Å². The van der Waals surface area contributed by atoms with Gasteiger partial charge in [0.05, 0.1) is 0 Å². The van der Waals surface area contributed by atoms with Crippen molar-refractivity contribution in [2.75, 3.05) is 5.88 Å². The third kappa shape index (κ3) is 4.33. The first-order valence-electron chi connectivity index (χ1n) is 5.68. The van der Waals surface area contributed by atoms with Crippen molar-refractivity contribution in [1.82, 2.24) is 5.32 Å². The van der Waals surface area contributed by atoms with E-state index in [9.17, 15) is 0 Å². The molecule has 1 aliphatic carbocycles. The maximum atomic E-state index is 5.75. The fourth-order valence-electron chi connectivity index (χ4n) is 2.14. The highest BCUT2D eigenvalue weighted by Crippen LogP contribution is 2.18. The molecule has 78 valence electrons. The molecule has 0 amide bonds. The highest BCUT2D eigenvalue weighted by molar-refractivity contribution is 6.17. The summed E-state index contributed by atoms with van der Waals surface area (Å²) in [7, 11) is 0. The van der Waals surface area contributed by atoms with Crippen molar-refractivity contribution < 1.29 is 0 Å². The van der Waals surface area contributed by atoms with Gasteiger partial charge in [-0.3, -0.25) is 0 Å². The summed E-state index contributed by atoms with van der Waals surface area (Å²) in [5, 5.41) is 3.72. The number of halogens is 1. The second-order valence-electron chi connectivity index (χ2n) is 4.08. The average Bonchev–Trinajstić information content (AvgIpc) is 2.19. The molecule has 1 nitrogen and oxygen atoms in total. The topological polar surface area (TPSA) is 12.0 Å². The van der Waals surface area contributed by atoms with E-state index in [0.29, 0.717) is 6.04 Å². The maximum Gasteiger partial charge on any atom is 0.0238 e. The third-order valence-electron chi connectivity index (χ3n) is 3.03. The molecule has 0 aromatic carbocycles. The molecule has 0 radical (unpaired) electrons. The van der Waals surface area contributed by atoms with Gasteiger partial charge >= 0.3 is 0 Å². The van der Waals surface area contributed by atoms with Crippen LogP contribution in [0.1, 0.15) is 51.9 Å². The van der Waals surface area contributed by atoms with Gasteiger partial charge in [0.1, 0.15) is 0 Å². The van der Waals surface area contributed by atoms with Gasteiger partial charge in [0.2, 0.25) is 0 Å². The van der Waals surface area contributed by atoms with Crippen molar-refractivity contribution in [2.45, 2.75) is 64.0 Å². The van der Waals surface area contributed by atoms with Crippen LogP contribution in [0.2, 0.25) is 0 Å². The van der Waals surface area contributed by atoms with E-state index < -0.39 is 0 Å². The maximum absolute atomic E-state index is 5.75. The third-order valence-corrected chi connectivity index (χ3v) is 3.25. The lowest BCUT2D eigenvalue weighted by atomic mass is 9.94. The zero-order chi connectivity index (χ0) is 9.52. The number of nitrogens with one attached hydrogen (secondary N) is 1. The monoisotopic (exact) mass is 203 g/mol. The molecule has 0 aromatic rings. The summed E-state index contributed by atoms with van der Waals surface area (Å²) < 4.78 is 0. The average molecular weight is 204 g/mol. The molecule has 0 saturated heterocycles. The van der Waals surface area contributed by atoms with Crippen LogP contribution in [0.25, 0.3) is 0 Å². The van der Waals surface area contributed by atoms with E-state index in [-0.39, 0.29) is 0 Å². The summed E-state index contributed by atoms with van der Waals surface area (Å²) in [5.74, 6) is 0.790. The summed E-state index contributed by atoms with van der Waals surface area (Å²) in [6.07, 6.45) is 9.34. The predicted molar refractivity (Wildman–Crippen MR) is 59.4 cm³/mol. The number of rotatable bonds is 5. The molecule has 0 heterocycles. The second-order valence-corrected chi connectivity index (χ2v) is 4.46. The Kier molecular flexibility index (Phi) is 5.81. The summed E-state index contributed by atoms with van der Waals surface area (Å²) in [4.78, 5) is 0. The Morgan fingerprint density at radius 1 is 1.31 bits per heavy atom. The molecule has 0 bridgehead atoms. The van der Waals surface area contributed by atoms with Crippen molar-refractivity contribution >= 4 is 11.6 Å². The molecular formula is C11H22ClN. The van der Waals surface area contributed by atoms with Crippen LogP contribution in [0.4, 0.5) is 0 Å². The summed E-state index contributed by atoms with van der Waals surface area (Å²) >= 11 is 5.75. The summed E-state index contributed by atoms with van der Waals surface area (Å²) in [5.41, 5.74) is 0. The largest absolute Gasteiger partial charge is 0.311 e. The number of alkyl halides is 1. The van der Waals surface area contributed by atoms with Crippen LogP contribution in [0, 0.1) is 0 Å².